The number of pyridine rings is 2. The molecule has 134 valence electrons. The lowest BCUT2D eigenvalue weighted by Crippen LogP contribution is -2.11. The number of aromatic nitrogens is 4. The van der Waals surface area contributed by atoms with Gasteiger partial charge in [-0.25, -0.2) is 0 Å². The summed E-state index contributed by atoms with van der Waals surface area (Å²) in [7, 11) is 0. The van der Waals surface area contributed by atoms with Crippen LogP contribution in [0.2, 0.25) is 0 Å². The Labute approximate surface area is 155 Å². The third kappa shape index (κ3) is 3.98. The highest BCUT2D eigenvalue weighted by Crippen LogP contribution is 2.21. The fourth-order valence-electron chi connectivity index (χ4n) is 2.79. The summed E-state index contributed by atoms with van der Waals surface area (Å²) in [5.74, 6) is 0.958. The molecule has 4 rings (SSSR count). The van der Waals surface area contributed by atoms with Crippen molar-refractivity contribution in [2.75, 3.05) is 5.32 Å². The first-order valence-corrected chi connectivity index (χ1v) is 8.66. The van der Waals surface area contributed by atoms with Crippen molar-refractivity contribution >= 4 is 22.5 Å². The molecular formula is C20H17N5O2. The van der Waals surface area contributed by atoms with Crippen molar-refractivity contribution in [2.24, 2.45) is 0 Å². The van der Waals surface area contributed by atoms with Gasteiger partial charge < -0.3 is 9.84 Å². The van der Waals surface area contributed by atoms with Gasteiger partial charge in [0.25, 0.3) is 0 Å². The van der Waals surface area contributed by atoms with Crippen molar-refractivity contribution in [3.05, 3.63) is 66.9 Å². The molecule has 0 saturated carbocycles. The second-order valence-electron chi connectivity index (χ2n) is 6.03. The third-order valence-corrected chi connectivity index (χ3v) is 4.10. The van der Waals surface area contributed by atoms with E-state index in [4.69, 9.17) is 4.52 Å². The van der Waals surface area contributed by atoms with Crippen LogP contribution >= 0.6 is 0 Å². The third-order valence-electron chi connectivity index (χ3n) is 4.10. The molecule has 0 unspecified atom stereocenters. The van der Waals surface area contributed by atoms with Gasteiger partial charge >= 0.3 is 0 Å². The first-order valence-electron chi connectivity index (χ1n) is 8.66. The van der Waals surface area contributed by atoms with Gasteiger partial charge in [0.05, 0.1) is 11.2 Å². The van der Waals surface area contributed by atoms with E-state index in [1.165, 1.54) is 0 Å². The van der Waals surface area contributed by atoms with E-state index in [9.17, 15) is 4.79 Å². The Bertz CT molecular complexity index is 1060. The summed E-state index contributed by atoms with van der Waals surface area (Å²) in [6.45, 7) is 0. The molecule has 0 aliphatic heterocycles. The van der Waals surface area contributed by atoms with Crippen molar-refractivity contribution in [3.8, 4) is 11.4 Å². The van der Waals surface area contributed by atoms with Crippen LogP contribution in [-0.4, -0.2) is 26.0 Å². The second-order valence-corrected chi connectivity index (χ2v) is 6.03. The molecule has 4 aromatic rings. The number of hydrogen-bond acceptors (Lipinski definition) is 6. The first kappa shape index (κ1) is 16.8. The van der Waals surface area contributed by atoms with Crippen molar-refractivity contribution in [3.63, 3.8) is 0 Å². The Morgan fingerprint density at radius 1 is 1.07 bits per heavy atom. The van der Waals surface area contributed by atoms with Crippen molar-refractivity contribution in [1.29, 1.82) is 0 Å². The average molecular weight is 359 g/mol. The maximum absolute atomic E-state index is 12.3. The molecule has 1 amide bonds. The Hall–Kier alpha value is -3.61. The zero-order valence-corrected chi connectivity index (χ0v) is 14.5. The number of amides is 1. The number of hydrogen-bond donors (Lipinski definition) is 1. The molecule has 1 aromatic carbocycles. The number of carbonyl (C=O) groups excluding carboxylic acids is 1. The van der Waals surface area contributed by atoms with Gasteiger partial charge in [-0.05, 0) is 42.8 Å². The lowest BCUT2D eigenvalue weighted by atomic mass is 10.1. The number of aryl methyl sites for hydroxylation is 1. The van der Waals surface area contributed by atoms with Crippen LogP contribution in [0.25, 0.3) is 22.3 Å². The quantitative estimate of drug-likeness (QED) is 0.565. The number of carbonyl (C=O) groups is 1. The van der Waals surface area contributed by atoms with Crippen LogP contribution in [-0.2, 0) is 11.2 Å². The molecule has 3 aromatic heterocycles. The van der Waals surface area contributed by atoms with Gasteiger partial charge in [-0.1, -0.05) is 11.2 Å². The monoisotopic (exact) mass is 359 g/mol. The summed E-state index contributed by atoms with van der Waals surface area (Å²) in [6, 6.07) is 13.2. The highest BCUT2D eigenvalue weighted by Gasteiger charge is 2.10. The van der Waals surface area contributed by atoms with Crippen LogP contribution in [0.3, 0.4) is 0 Å². The minimum absolute atomic E-state index is 0.0571. The molecule has 0 saturated heterocycles. The molecular weight excluding hydrogens is 342 g/mol. The molecule has 0 aliphatic carbocycles. The van der Waals surface area contributed by atoms with Gasteiger partial charge in [0.1, 0.15) is 0 Å². The number of nitrogens with zero attached hydrogens (tertiary/aromatic N) is 4. The van der Waals surface area contributed by atoms with Gasteiger partial charge in [0, 0.05) is 42.4 Å². The van der Waals surface area contributed by atoms with Crippen LogP contribution in [0.5, 0.6) is 0 Å². The molecule has 0 fully saturated rings. The SMILES string of the molecule is O=C(CCCc1nc(-c2cccnc2)no1)Nc1cccc2ncccc12. The number of fused-ring (bicyclic) bond motifs is 1. The van der Waals surface area contributed by atoms with Crippen molar-refractivity contribution in [1.82, 2.24) is 20.1 Å². The highest BCUT2D eigenvalue weighted by atomic mass is 16.5. The van der Waals surface area contributed by atoms with Crippen LogP contribution in [0.15, 0.2) is 65.6 Å². The van der Waals surface area contributed by atoms with E-state index >= 15 is 0 Å². The molecule has 0 atom stereocenters. The van der Waals surface area contributed by atoms with Gasteiger partial charge in [-0.15, -0.1) is 0 Å². The molecule has 27 heavy (non-hydrogen) atoms. The largest absolute Gasteiger partial charge is 0.339 e. The Balaban J connectivity index is 1.33. The minimum Gasteiger partial charge on any atom is -0.339 e. The zero-order chi connectivity index (χ0) is 18.5. The second kappa shape index (κ2) is 7.74. The van der Waals surface area contributed by atoms with E-state index in [0.717, 1.165) is 22.2 Å². The molecule has 7 heteroatoms. The van der Waals surface area contributed by atoms with Gasteiger partial charge in [0.2, 0.25) is 17.6 Å². The van der Waals surface area contributed by atoms with E-state index in [1.54, 1.807) is 18.6 Å². The number of anilines is 1. The smallest absolute Gasteiger partial charge is 0.226 e. The summed E-state index contributed by atoms with van der Waals surface area (Å²) in [5, 5.41) is 7.82. The Kier molecular flexibility index (Phi) is 4.82. The molecule has 0 radical (unpaired) electrons. The van der Waals surface area contributed by atoms with E-state index in [2.05, 4.69) is 25.4 Å². The molecule has 1 N–H and O–H groups in total. The maximum Gasteiger partial charge on any atom is 0.226 e. The summed E-state index contributed by atoms with van der Waals surface area (Å²) in [6.07, 6.45) is 6.62. The summed E-state index contributed by atoms with van der Waals surface area (Å²) >= 11 is 0. The van der Waals surface area contributed by atoms with E-state index < -0.39 is 0 Å². The van der Waals surface area contributed by atoms with Gasteiger partial charge in [0.15, 0.2) is 0 Å². The predicted octanol–water partition coefficient (Wildman–Crippen LogP) is 3.64. The molecule has 3 heterocycles. The number of benzene rings is 1. The minimum atomic E-state index is -0.0571. The number of rotatable bonds is 6. The molecule has 7 nitrogen and oxygen atoms in total. The molecule has 0 spiro atoms. The summed E-state index contributed by atoms with van der Waals surface area (Å²) < 4.78 is 5.25. The summed E-state index contributed by atoms with van der Waals surface area (Å²) in [5.41, 5.74) is 2.42. The van der Waals surface area contributed by atoms with E-state index in [1.807, 2.05) is 42.5 Å². The fraction of sp³-hybridized carbons (Fsp3) is 0.150. The normalized spacial score (nSPS) is 10.8. The van der Waals surface area contributed by atoms with E-state index in [-0.39, 0.29) is 5.91 Å². The predicted molar refractivity (Wildman–Crippen MR) is 101 cm³/mol. The topological polar surface area (TPSA) is 93.8 Å². The van der Waals surface area contributed by atoms with Crippen molar-refractivity contribution in [2.45, 2.75) is 19.3 Å². The fourth-order valence-corrected chi connectivity index (χ4v) is 2.79. The van der Waals surface area contributed by atoms with Gasteiger partial charge in [-0.2, -0.15) is 4.98 Å². The van der Waals surface area contributed by atoms with E-state index in [0.29, 0.717) is 31.0 Å². The van der Waals surface area contributed by atoms with Crippen molar-refractivity contribution < 1.29 is 9.32 Å². The lowest BCUT2D eigenvalue weighted by molar-refractivity contribution is -0.116. The summed E-state index contributed by atoms with van der Waals surface area (Å²) in [4.78, 5) is 24.9. The highest BCUT2D eigenvalue weighted by molar-refractivity contribution is 6.00. The maximum atomic E-state index is 12.3. The molecule has 0 aliphatic rings. The average Bonchev–Trinajstić information content (AvgIpc) is 3.18. The number of nitrogens with one attached hydrogen (secondary N) is 1. The Morgan fingerprint density at radius 2 is 2.00 bits per heavy atom. The van der Waals surface area contributed by atoms with Crippen LogP contribution in [0, 0.1) is 0 Å². The van der Waals surface area contributed by atoms with Crippen LogP contribution in [0.1, 0.15) is 18.7 Å². The van der Waals surface area contributed by atoms with Crippen LogP contribution < -0.4 is 5.32 Å². The van der Waals surface area contributed by atoms with Crippen LogP contribution in [0.4, 0.5) is 5.69 Å². The molecule has 0 bridgehead atoms. The van der Waals surface area contributed by atoms with Gasteiger partial charge in [-0.3, -0.25) is 14.8 Å². The lowest BCUT2D eigenvalue weighted by Gasteiger charge is -2.07. The zero-order valence-electron chi connectivity index (χ0n) is 14.5. The standard InChI is InChI=1S/C20H17N5O2/c26-18(23-17-8-1-7-16-15(17)6-4-12-22-16)9-2-10-19-24-20(25-27-19)14-5-3-11-21-13-14/h1,3-8,11-13H,2,9-10H2,(H,23,26). The first-order chi connectivity index (χ1) is 13.3. The Morgan fingerprint density at radius 3 is 2.89 bits per heavy atom.